The van der Waals surface area contributed by atoms with Gasteiger partial charge in [0.1, 0.15) is 0 Å². The lowest BCUT2D eigenvalue weighted by molar-refractivity contribution is -0.120. The highest BCUT2D eigenvalue weighted by Gasteiger charge is 2.31. The van der Waals surface area contributed by atoms with E-state index in [-0.39, 0.29) is 11.9 Å². The van der Waals surface area contributed by atoms with Crippen LogP contribution in [0.5, 0.6) is 0 Å². The van der Waals surface area contributed by atoms with Crippen molar-refractivity contribution in [3.63, 3.8) is 0 Å². The zero-order chi connectivity index (χ0) is 15.7. The molecule has 2 atom stereocenters. The van der Waals surface area contributed by atoms with E-state index in [1.54, 1.807) is 12.2 Å². The van der Waals surface area contributed by atoms with Crippen molar-refractivity contribution in [3.05, 3.63) is 36.5 Å². The Balaban J connectivity index is 0.000000511. The van der Waals surface area contributed by atoms with Crippen LogP contribution in [0.15, 0.2) is 41.4 Å². The zero-order valence-corrected chi connectivity index (χ0v) is 12.9. The van der Waals surface area contributed by atoms with Crippen LogP contribution < -0.4 is 5.32 Å². The second-order valence-corrected chi connectivity index (χ2v) is 4.76. The Morgan fingerprint density at radius 1 is 1.40 bits per heavy atom. The molecule has 0 fully saturated rings. The minimum atomic E-state index is -0.570. The van der Waals surface area contributed by atoms with Crippen LogP contribution in [0, 0.1) is 0 Å². The van der Waals surface area contributed by atoms with E-state index < -0.39 is 6.10 Å². The van der Waals surface area contributed by atoms with Crippen LogP contribution in [0.2, 0.25) is 0 Å². The van der Waals surface area contributed by atoms with Crippen molar-refractivity contribution >= 4 is 11.6 Å². The molecule has 2 N–H and O–H groups in total. The molecule has 1 aliphatic carbocycles. The summed E-state index contributed by atoms with van der Waals surface area (Å²) in [7, 11) is 0. The normalized spacial score (nSPS) is 20.6. The molecule has 0 saturated heterocycles. The Kier molecular flexibility index (Phi) is 8.48. The van der Waals surface area contributed by atoms with Gasteiger partial charge in [-0.05, 0) is 31.9 Å². The van der Waals surface area contributed by atoms with E-state index in [0.717, 1.165) is 23.4 Å². The van der Waals surface area contributed by atoms with E-state index in [9.17, 15) is 9.90 Å². The number of hydrogen-bond donors (Lipinski definition) is 2. The summed E-state index contributed by atoms with van der Waals surface area (Å²) in [6.45, 7) is 15.7. The van der Waals surface area contributed by atoms with Gasteiger partial charge in [-0.25, -0.2) is 0 Å². The Morgan fingerprint density at radius 2 is 2.00 bits per heavy atom. The van der Waals surface area contributed by atoms with Gasteiger partial charge in [0.2, 0.25) is 5.91 Å². The molecule has 4 heteroatoms. The molecule has 1 amide bonds. The van der Waals surface area contributed by atoms with Gasteiger partial charge >= 0.3 is 0 Å². The molecule has 0 saturated carbocycles. The smallest absolute Gasteiger partial charge is 0.217 e. The molecule has 1 aliphatic rings. The molecular weight excluding hydrogens is 252 g/mol. The highest BCUT2D eigenvalue weighted by atomic mass is 16.3. The highest BCUT2D eigenvalue weighted by Crippen LogP contribution is 2.28. The van der Waals surface area contributed by atoms with Crippen LogP contribution in [0.1, 0.15) is 34.1 Å². The summed E-state index contributed by atoms with van der Waals surface area (Å²) in [6.07, 6.45) is 3.31. The largest absolute Gasteiger partial charge is 0.390 e. The maximum absolute atomic E-state index is 10.9. The minimum absolute atomic E-state index is 0.154. The Labute approximate surface area is 122 Å². The van der Waals surface area contributed by atoms with Crippen molar-refractivity contribution in [3.8, 4) is 0 Å². The van der Waals surface area contributed by atoms with Gasteiger partial charge in [0.05, 0.1) is 12.1 Å². The second-order valence-electron chi connectivity index (χ2n) is 4.76. The number of allylic oxidation sites excluding steroid dienone is 1. The van der Waals surface area contributed by atoms with E-state index in [1.807, 2.05) is 20.8 Å². The number of carbonyl (C=O) groups excluding carboxylic acids is 1. The van der Waals surface area contributed by atoms with Crippen molar-refractivity contribution in [1.82, 2.24) is 5.32 Å². The first kappa shape index (κ1) is 18.3. The Hall–Kier alpha value is -1.68. The molecule has 1 rings (SSSR count). The summed E-state index contributed by atoms with van der Waals surface area (Å²) in [4.78, 5) is 14.9. The highest BCUT2D eigenvalue weighted by molar-refractivity contribution is 5.78. The molecule has 20 heavy (non-hydrogen) atoms. The number of nitrogens with zero attached hydrogens (tertiary/aromatic N) is 1. The third kappa shape index (κ3) is 5.97. The van der Waals surface area contributed by atoms with Crippen molar-refractivity contribution in [2.75, 3.05) is 6.54 Å². The quantitative estimate of drug-likeness (QED) is 0.776. The standard InChI is InChI=1S/C11H15NO2.C5H11N/c1-4-8-6-10(14)11(9(8)5-2)12-7(3)13;1-4-6-5(2)3/h4-5,10-11,14H,1-2,6H2,3H3,(H,12,13);4H2,1-3H3/t10-,11-;/m1./s1. The first-order chi connectivity index (χ1) is 9.37. The summed E-state index contributed by atoms with van der Waals surface area (Å²) in [5.74, 6) is -0.154. The molecule has 0 aromatic carbocycles. The number of nitrogens with one attached hydrogen (secondary N) is 1. The van der Waals surface area contributed by atoms with Gasteiger partial charge < -0.3 is 10.4 Å². The van der Waals surface area contributed by atoms with Gasteiger partial charge in [-0.1, -0.05) is 25.3 Å². The fraction of sp³-hybridized carbons (Fsp3) is 0.500. The molecule has 0 aromatic heterocycles. The number of rotatable bonds is 4. The third-order valence-corrected chi connectivity index (χ3v) is 2.82. The Morgan fingerprint density at radius 3 is 2.30 bits per heavy atom. The summed E-state index contributed by atoms with van der Waals surface area (Å²) in [5.41, 5.74) is 2.98. The number of aliphatic hydroxyl groups is 1. The first-order valence-corrected chi connectivity index (χ1v) is 6.78. The minimum Gasteiger partial charge on any atom is -0.390 e. The molecule has 0 aromatic rings. The average molecular weight is 278 g/mol. The van der Waals surface area contributed by atoms with Crippen molar-refractivity contribution in [2.24, 2.45) is 4.99 Å². The lowest BCUT2D eigenvalue weighted by Crippen LogP contribution is -2.40. The van der Waals surface area contributed by atoms with Gasteiger partial charge in [-0.2, -0.15) is 0 Å². The van der Waals surface area contributed by atoms with Crippen LogP contribution in [-0.4, -0.2) is 35.4 Å². The first-order valence-electron chi connectivity index (χ1n) is 6.78. The van der Waals surface area contributed by atoms with E-state index in [0.29, 0.717) is 6.42 Å². The van der Waals surface area contributed by atoms with Crippen LogP contribution in [0.3, 0.4) is 0 Å². The second kappa shape index (κ2) is 9.26. The van der Waals surface area contributed by atoms with Crippen molar-refractivity contribution in [2.45, 2.75) is 46.3 Å². The summed E-state index contributed by atoms with van der Waals surface area (Å²) in [5, 5.41) is 12.4. The molecule has 4 nitrogen and oxygen atoms in total. The van der Waals surface area contributed by atoms with Gasteiger partial charge in [0.15, 0.2) is 0 Å². The Bertz CT molecular complexity index is 418. The number of aliphatic hydroxyl groups excluding tert-OH is 1. The van der Waals surface area contributed by atoms with E-state index in [2.05, 4.69) is 23.5 Å². The summed E-state index contributed by atoms with van der Waals surface area (Å²) < 4.78 is 0. The lowest BCUT2D eigenvalue weighted by Gasteiger charge is -2.17. The molecule has 112 valence electrons. The van der Waals surface area contributed by atoms with Crippen molar-refractivity contribution < 1.29 is 9.90 Å². The fourth-order valence-electron chi connectivity index (χ4n) is 2.04. The third-order valence-electron chi connectivity index (χ3n) is 2.82. The maximum Gasteiger partial charge on any atom is 0.217 e. The summed E-state index contributed by atoms with van der Waals surface area (Å²) >= 11 is 0. The molecule has 0 bridgehead atoms. The monoisotopic (exact) mass is 278 g/mol. The summed E-state index contributed by atoms with van der Waals surface area (Å²) in [6, 6.07) is -0.335. The van der Waals surface area contributed by atoms with Crippen LogP contribution in [0.4, 0.5) is 0 Å². The van der Waals surface area contributed by atoms with Gasteiger partial charge in [-0.15, -0.1) is 0 Å². The maximum atomic E-state index is 10.9. The molecule has 0 aliphatic heterocycles. The zero-order valence-electron chi connectivity index (χ0n) is 12.9. The van der Waals surface area contributed by atoms with Gasteiger partial charge in [0.25, 0.3) is 0 Å². The molecule has 0 unspecified atom stereocenters. The number of aliphatic imine (C=N–C) groups is 1. The number of amides is 1. The van der Waals surface area contributed by atoms with E-state index in [1.165, 1.54) is 6.92 Å². The van der Waals surface area contributed by atoms with E-state index in [4.69, 9.17) is 0 Å². The molecule has 0 radical (unpaired) electrons. The van der Waals surface area contributed by atoms with Gasteiger partial charge in [-0.3, -0.25) is 9.79 Å². The van der Waals surface area contributed by atoms with Crippen molar-refractivity contribution in [1.29, 1.82) is 0 Å². The molecule has 0 heterocycles. The average Bonchev–Trinajstić information content (AvgIpc) is 2.65. The van der Waals surface area contributed by atoms with Crippen LogP contribution >= 0.6 is 0 Å². The van der Waals surface area contributed by atoms with E-state index >= 15 is 0 Å². The number of hydrogen-bond acceptors (Lipinski definition) is 3. The predicted octanol–water partition coefficient (Wildman–Crippen LogP) is 2.41. The predicted molar refractivity (Wildman–Crippen MR) is 85.0 cm³/mol. The van der Waals surface area contributed by atoms with Crippen LogP contribution in [0.25, 0.3) is 0 Å². The molecule has 0 spiro atoms. The fourth-order valence-corrected chi connectivity index (χ4v) is 2.04. The lowest BCUT2D eigenvalue weighted by atomic mass is 10.1. The topological polar surface area (TPSA) is 61.7 Å². The number of carbonyl (C=O) groups is 1. The van der Waals surface area contributed by atoms with Crippen LogP contribution in [-0.2, 0) is 4.79 Å². The van der Waals surface area contributed by atoms with Gasteiger partial charge in [0, 0.05) is 25.6 Å². The SMILES string of the molecule is C=CC1=C(C=C)[C@@H](NC(C)=O)[C@H](O)C1.CCN=C(C)C. The molecular formula is C16H26N2O2.